The number of rotatable bonds is 5. The van der Waals surface area contributed by atoms with Gasteiger partial charge in [0.25, 0.3) is 5.56 Å². The molecule has 0 aliphatic rings. The predicted molar refractivity (Wildman–Crippen MR) is 65.7 cm³/mol. The van der Waals surface area contributed by atoms with Gasteiger partial charge < -0.3 is 16.0 Å². The molecule has 5 heteroatoms. The molecule has 0 saturated carbocycles. The van der Waals surface area contributed by atoms with Crippen molar-refractivity contribution in [2.24, 2.45) is 5.73 Å². The van der Waals surface area contributed by atoms with Crippen LogP contribution in [0, 0.1) is 0 Å². The molecule has 0 bridgehead atoms. The lowest BCUT2D eigenvalue weighted by Gasteiger charge is -2.14. The molecule has 1 heterocycles. The van der Waals surface area contributed by atoms with Crippen LogP contribution in [0.3, 0.4) is 0 Å². The molecule has 1 aromatic heterocycles. The summed E-state index contributed by atoms with van der Waals surface area (Å²) in [6.45, 7) is 6.62. The first-order valence-electron chi connectivity index (χ1n) is 5.60. The molecule has 1 aromatic rings. The van der Waals surface area contributed by atoms with E-state index in [1.54, 1.807) is 0 Å². The topological polar surface area (TPSA) is 83.8 Å². The number of hydrogen-bond donors (Lipinski definition) is 3. The van der Waals surface area contributed by atoms with Gasteiger partial charge in [0.1, 0.15) is 11.6 Å². The first-order valence-corrected chi connectivity index (χ1v) is 5.60. The van der Waals surface area contributed by atoms with Crippen LogP contribution in [-0.4, -0.2) is 22.6 Å². The van der Waals surface area contributed by atoms with E-state index >= 15 is 0 Å². The van der Waals surface area contributed by atoms with E-state index in [1.165, 1.54) is 6.07 Å². The zero-order chi connectivity index (χ0) is 12.1. The molecule has 5 nitrogen and oxygen atoms in total. The summed E-state index contributed by atoms with van der Waals surface area (Å²) in [6, 6.07) is 1.69. The predicted octanol–water partition coefficient (Wildman–Crippen LogP) is 1.04. The summed E-state index contributed by atoms with van der Waals surface area (Å²) in [4.78, 5) is 18.5. The summed E-state index contributed by atoms with van der Waals surface area (Å²) < 4.78 is 0. The zero-order valence-corrected chi connectivity index (χ0v) is 10.1. The third-order valence-electron chi connectivity index (χ3n) is 2.30. The van der Waals surface area contributed by atoms with Gasteiger partial charge in [0.15, 0.2) is 0 Å². The van der Waals surface area contributed by atoms with Crippen LogP contribution in [0.4, 0.5) is 5.82 Å². The van der Waals surface area contributed by atoms with E-state index in [9.17, 15) is 4.79 Å². The smallest absolute Gasteiger partial charge is 0.252 e. The molecule has 0 aromatic carbocycles. The van der Waals surface area contributed by atoms with Gasteiger partial charge in [-0.3, -0.25) is 4.79 Å². The van der Waals surface area contributed by atoms with E-state index in [0.717, 1.165) is 6.42 Å². The standard InChI is InChI=1S/C11H20N4O/c1-7(2)11-14-9(6-10(16)15-11)13-8(3)4-5-12/h6-8H,4-5,12H2,1-3H3,(H2,13,14,15,16). The molecular weight excluding hydrogens is 204 g/mol. The molecule has 0 radical (unpaired) electrons. The van der Waals surface area contributed by atoms with E-state index in [4.69, 9.17) is 5.73 Å². The Morgan fingerprint density at radius 2 is 2.19 bits per heavy atom. The van der Waals surface area contributed by atoms with Crippen molar-refractivity contribution in [2.75, 3.05) is 11.9 Å². The number of nitrogens with zero attached hydrogens (tertiary/aromatic N) is 1. The summed E-state index contributed by atoms with van der Waals surface area (Å²) in [7, 11) is 0. The number of hydrogen-bond acceptors (Lipinski definition) is 4. The Bertz CT molecular complexity index is 386. The van der Waals surface area contributed by atoms with Gasteiger partial charge in [0.05, 0.1) is 0 Å². The first kappa shape index (κ1) is 12.7. The molecule has 1 atom stereocenters. The average molecular weight is 224 g/mol. The van der Waals surface area contributed by atoms with E-state index in [0.29, 0.717) is 18.2 Å². The van der Waals surface area contributed by atoms with E-state index < -0.39 is 0 Å². The van der Waals surface area contributed by atoms with Crippen LogP contribution in [0.1, 0.15) is 38.9 Å². The van der Waals surface area contributed by atoms with Crippen LogP contribution in [0.2, 0.25) is 0 Å². The van der Waals surface area contributed by atoms with E-state index in [-0.39, 0.29) is 17.5 Å². The van der Waals surface area contributed by atoms with Crippen molar-refractivity contribution in [3.8, 4) is 0 Å². The molecule has 0 saturated heterocycles. The molecular formula is C11H20N4O. The number of anilines is 1. The van der Waals surface area contributed by atoms with Gasteiger partial charge in [-0.25, -0.2) is 4.98 Å². The van der Waals surface area contributed by atoms with Crippen LogP contribution < -0.4 is 16.6 Å². The maximum Gasteiger partial charge on any atom is 0.252 e. The Morgan fingerprint density at radius 3 is 2.75 bits per heavy atom. The minimum atomic E-state index is -0.124. The van der Waals surface area contributed by atoms with Crippen molar-refractivity contribution in [2.45, 2.75) is 39.2 Å². The highest BCUT2D eigenvalue weighted by Crippen LogP contribution is 2.10. The SMILES string of the molecule is CC(CCN)Nc1cc(=O)[nH]c(C(C)C)n1. The minimum absolute atomic E-state index is 0.124. The van der Waals surface area contributed by atoms with Crippen LogP contribution in [0.15, 0.2) is 10.9 Å². The highest BCUT2D eigenvalue weighted by molar-refractivity contribution is 5.34. The summed E-state index contributed by atoms with van der Waals surface area (Å²) in [5, 5.41) is 3.17. The molecule has 0 aliphatic carbocycles. The van der Waals surface area contributed by atoms with Crippen molar-refractivity contribution in [1.29, 1.82) is 0 Å². The Labute approximate surface area is 95.5 Å². The third kappa shape index (κ3) is 3.66. The normalized spacial score (nSPS) is 12.8. The summed E-state index contributed by atoms with van der Waals surface area (Å²) in [5.74, 6) is 1.53. The lowest BCUT2D eigenvalue weighted by atomic mass is 10.2. The molecule has 0 spiro atoms. The van der Waals surface area contributed by atoms with Crippen LogP contribution >= 0.6 is 0 Å². The number of nitrogens with one attached hydrogen (secondary N) is 2. The van der Waals surface area contributed by atoms with E-state index in [2.05, 4.69) is 15.3 Å². The number of nitrogens with two attached hydrogens (primary N) is 1. The second-order valence-corrected chi connectivity index (χ2v) is 4.29. The van der Waals surface area contributed by atoms with E-state index in [1.807, 2.05) is 20.8 Å². The maximum atomic E-state index is 11.4. The number of H-pyrrole nitrogens is 1. The lowest BCUT2D eigenvalue weighted by Crippen LogP contribution is -2.22. The Balaban J connectivity index is 2.84. The Morgan fingerprint density at radius 1 is 1.50 bits per heavy atom. The van der Waals surface area contributed by atoms with Gasteiger partial charge in [0.2, 0.25) is 0 Å². The van der Waals surface area contributed by atoms with Gasteiger partial charge >= 0.3 is 0 Å². The summed E-state index contributed by atoms with van der Waals surface area (Å²) >= 11 is 0. The van der Waals surface area contributed by atoms with Crippen molar-refractivity contribution in [3.05, 3.63) is 22.2 Å². The monoisotopic (exact) mass is 224 g/mol. The maximum absolute atomic E-state index is 11.4. The largest absolute Gasteiger partial charge is 0.367 e. The lowest BCUT2D eigenvalue weighted by molar-refractivity contribution is 0.705. The molecule has 90 valence electrons. The molecule has 4 N–H and O–H groups in total. The third-order valence-corrected chi connectivity index (χ3v) is 2.30. The van der Waals surface area contributed by atoms with Crippen LogP contribution in [0.25, 0.3) is 0 Å². The fraction of sp³-hybridized carbons (Fsp3) is 0.636. The zero-order valence-electron chi connectivity index (χ0n) is 10.1. The number of aromatic amines is 1. The van der Waals surface area contributed by atoms with Crippen molar-refractivity contribution >= 4 is 5.82 Å². The van der Waals surface area contributed by atoms with Crippen LogP contribution in [0.5, 0.6) is 0 Å². The molecule has 0 fully saturated rings. The van der Waals surface area contributed by atoms with Crippen LogP contribution in [-0.2, 0) is 0 Å². The van der Waals surface area contributed by atoms with Gasteiger partial charge in [-0.15, -0.1) is 0 Å². The second-order valence-electron chi connectivity index (χ2n) is 4.29. The molecule has 16 heavy (non-hydrogen) atoms. The Kier molecular flexibility index (Phi) is 4.49. The first-order chi connectivity index (χ1) is 7.52. The number of aromatic nitrogens is 2. The molecule has 0 aliphatic heterocycles. The van der Waals surface area contributed by atoms with Gasteiger partial charge in [-0.1, -0.05) is 13.8 Å². The second kappa shape index (κ2) is 5.65. The molecule has 1 unspecified atom stereocenters. The van der Waals surface area contributed by atoms with Gasteiger partial charge in [0, 0.05) is 18.0 Å². The Hall–Kier alpha value is -1.36. The fourth-order valence-electron chi connectivity index (χ4n) is 1.40. The molecule has 0 amide bonds. The molecule has 1 rings (SSSR count). The minimum Gasteiger partial charge on any atom is -0.367 e. The average Bonchev–Trinajstić information content (AvgIpc) is 2.16. The fourth-order valence-corrected chi connectivity index (χ4v) is 1.40. The van der Waals surface area contributed by atoms with Crippen molar-refractivity contribution in [3.63, 3.8) is 0 Å². The highest BCUT2D eigenvalue weighted by atomic mass is 16.1. The summed E-state index contributed by atoms with van der Waals surface area (Å²) in [5.41, 5.74) is 5.34. The highest BCUT2D eigenvalue weighted by Gasteiger charge is 2.07. The van der Waals surface area contributed by atoms with Crippen molar-refractivity contribution < 1.29 is 0 Å². The van der Waals surface area contributed by atoms with Gasteiger partial charge in [-0.2, -0.15) is 0 Å². The quantitative estimate of drug-likeness (QED) is 0.698. The summed E-state index contributed by atoms with van der Waals surface area (Å²) in [6.07, 6.45) is 0.853. The van der Waals surface area contributed by atoms with Gasteiger partial charge in [-0.05, 0) is 19.9 Å². The van der Waals surface area contributed by atoms with Crippen molar-refractivity contribution in [1.82, 2.24) is 9.97 Å².